The average Bonchev–Trinajstić information content (AvgIpc) is 3.64. The van der Waals surface area contributed by atoms with Gasteiger partial charge in [0.1, 0.15) is 11.6 Å². The highest BCUT2D eigenvalue weighted by Crippen LogP contribution is 2.48. The van der Waals surface area contributed by atoms with Crippen molar-refractivity contribution in [2.45, 2.75) is 12.1 Å². The van der Waals surface area contributed by atoms with Crippen LogP contribution in [0.5, 0.6) is 11.5 Å². The summed E-state index contributed by atoms with van der Waals surface area (Å²) in [6, 6.07) is 24.0. The first-order chi connectivity index (χ1) is 19.0. The Labute approximate surface area is 223 Å². The molecule has 3 aromatic carbocycles. The smallest absolute Gasteiger partial charge is 0.362 e. The van der Waals surface area contributed by atoms with E-state index in [1.54, 1.807) is 60.6 Å². The number of ether oxygens (including phenoxy) is 2. The van der Waals surface area contributed by atoms with E-state index in [0.717, 1.165) is 0 Å². The van der Waals surface area contributed by atoms with E-state index in [4.69, 9.17) is 14.3 Å². The van der Waals surface area contributed by atoms with Crippen molar-refractivity contribution in [3.05, 3.63) is 102 Å². The summed E-state index contributed by atoms with van der Waals surface area (Å²) in [6.07, 6.45) is 0.501. The number of hydrogen-bond acceptors (Lipinski definition) is 8. The van der Waals surface area contributed by atoms with Gasteiger partial charge >= 0.3 is 5.97 Å². The molecule has 4 aromatic rings. The molecule has 2 aliphatic rings. The number of imide groups is 1. The molecule has 39 heavy (non-hydrogen) atoms. The van der Waals surface area contributed by atoms with Crippen LogP contribution in [0, 0.1) is 5.92 Å². The maximum Gasteiger partial charge on any atom is 0.362 e. The van der Waals surface area contributed by atoms with Crippen LogP contribution in [-0.4, -0.2) is 40.8 Å². The number of carbonyl (C=O) groups is 3. The minimum atomic E-state index is -1.00. The number of rotatable bonds is 6. The van der Waals surface area contributed by atoms with Crippen LogP contribution < -0.4 is 19.4 Å². The molecule has 2 amide bonds. The third-order valence-electron chi connectivity index (χ3n) is 6.90. The molecule has 2 saturated heterocycles. The number of fused-ring (bicyclic) bond motifs is 1. The number of aromatic nitrogens is 2. The molecule has 10 nitrogen and oxygen atoms in total. The number of hydroxylamine groups is 1. The van der Waals surface area contributed by atoms with Gasteiger partial charge in [-0.1, -0.05) is 42.5 Å². The molecule has 0 N–H and O–H groups in total. The first-order valence-electron chi connectivity index (χ1n) is 12.3. The van der Waals surface area contributed by atoms with E-state index in [9.17, 15) is 14.4 Å². The van der Waals surface area contributed by atoms with Gasteiger partial charge < -0.3 is 9.47 Å². The summed E-state index contributed by atoms with van der Waals surface area (Å²) >= 11 is 0. The highest BCUT2D eigenvalue weighted by atomic mass is 16.7. The zero-order valence-corrected chi connectivity index (χ0v) is 21.1. The predicted molar refractivity (Wildman–Crippen MR) is 140 cm³/mol. The van der Waals surface area contributed by atoms with Crippen LogP contribution in [-0.2, 0) is 21.5 Å². The number of hydrogen-bond donors (Lipinski definition) is 0. The van der Waals surface area contributed by atoms with Crippen molar-refractivity contribution in [2.24, 2.45) is 13.0 Å². The highest BCUT2D eigenvalue weighted by Gasteiger charge is 2.60. The zero-order chi connectivity index (χ0) is 27.1. The molecular weight excluding hydrogens is 500 g/mol. The van der Waals surface area contributed by atoms with E-state index >= 15 is 0 Å². The molecule has 6 rings (SSSR count). The monoisotopic (exact) mass is 524 g/mol. The lowest BCUT2D eigenvalue weighted by Crippen LogP contribution is -2.37. The molecule has 10 heteroatoms. The van der Waals surface area contributed by atoms with Crippen LogP contribution in [0.1, 0.15) is 22.1 Å². The van der Waals surface area contributed by atoms with Crippen LogP contribution in [0.3, 0.4) is 0 Å². The van der Waals surface area contributed by atoms with Gasteiger partial charge in [-0.3, -0.25) is 19.1 Å². The van der Waals surface area contributed by atoms with Crippen LogP contribution in [0.2, 0.25) is 0 Å². The van der Waals surface area contributed by atoms with Gasteiger partial charge in [0.05, 0.1) is 24.5 Å². The quantitative estimate of drug-likeness (QED) is 0.214. The fourth-order valence-electron chi connectivity index (χ4n) is 5.06. The van der Waals surface area contributed by atoms with Gasteiger partial charge in [-0.2, -0.15) is 5.10 Å². The van der Waals surface area contributed by atoms with Gasteiger partial charge in [-0.15, -0.1) is 0 Å². The number of amides is 2. The van der Waals surface area contributed by atoms with Crippen molar-refractivity contribution in [3.63, 3.8) is 0 Å². The Morgan fingerprint density at radius 3 is 2.21 bits per heavy atom. The number of anilines is 2. The van der Waals surface area contributed by atoms with Crippen LogP contribution in [0.25, 0.3) is 0 Å². The second kappa shape index (κ2) is 9.73. The fourth-order valence-corrected chi connectivity index (χ4v) is 5.06. The van der Waals surface area contributed by atoms with Crippen LogP contribution in [0.4, 0.5) is 11.4 Å². The Hall–Kier alpha value is -4.96. The average molecular weight is 525 g/mol. The third kappa shape index (κ3) is 4.11. The van der Waals surface area contributed by atoms with Gasteiger partial charge in [-0.05, 0) is 48.0 Å². The first kappa shape index (κ1) is 24.4. The van der Waals surface area contributed by atoms with Gasteiger partial charge in [0.25, 0.3) is 5.91 Å². The molecule has 2 fully saturated rings. The molecule has 196 valence electrons. The van der Waals surface area contributed by atoms with Crippen molar-refractivity contribution in [1.82, 2.24) is 9.78 Å². The van der Waals surface area contributed by atoms with Crippen molar-refractivity contribution < 1.29 is 28.7 Å². The van der Waals surface area contributed by atoms with E-state index in [1.165, 1.54) is 22.9 Å². The summed E-state index contributed by atoms with van der Waals surface area (Å²) in [7, 11) is 3.11. The summed E-state index contributed by atoms with van der Waals surface area (Å²) in [5.74, 6) is -1.69. The number of methoxy groups -OCH3 is 1. The van der Waals surface area contributed by atoms with Crippen LogP contribution in [0.15, 0.2) is 91.1 Å². The van der Waals surface area contributed by atoms with E-state index in [1.807, 2.05) is 36.4 Å². The number of esters is 1. The SMILES string of the molecule is COc1cc(C2C3C(=O)N(c4ccccc4)C(=O)C3ON2c2ccccc2)ccc1OC(=O)c1ccnn1C. The number of carbonyl (C=O) groups excluding carboxylic acids is 3. The zero-order valence-electron chi connectivity index (χ0n) is 21.1. The summed E-state index contributed by atoms with van der Waals surface area (Å²) in [5, 5.41) is 5.60. The molecule has 2 aliphatic heterocycles. The maximum absolute atomic E-state index is 13.8. The molecule has 3 unspecified atom stereocenters. The lowest BCUT2D eigenvalue weighted by Gasteiger charge is -2.29. The van der Waals surface area contributed by atoms with Crippen molar-refractivity contribution in [3.8, 4) is 11.5 Å². The fraction of sp³-hybridized carbons (Fsp3) is 0.172. The molecule has 0 saturated carbocycles. The molecule has 0 bridgehead atoms. The minimum Gasteiger partial charge on any atom is -0.493 e. The van der Waals surface area contributed by atoms with E-state index < -0.39 is 29.9 Å². The number of benzene rings is 3. The van der Waals surface area contributed by atoms with Crippen molar-refractivity contribution in [1.29, 1.82) is 0 Å². The maximum atomic E-state index is 13.8. The lowest BCUT2D eigenvalue weighted by molar-refractivity contribution is -0.126. The Kier molecular flexibility index (Phi) is 6.08. The van der Waals surface area contributed by atoms with Gasteiger partial charge in [0.15, 0.2) is 17.6 Å². The van der Waals surface area contributed by atoms with E-state index in [-0.39, 0.29) is 23.1 Å². The van der Waals surface area contributed by atoms with E-state index in [0.29, 0.717) is 16.9 Å². The summed E-state index contributed by atoms with van der Waals surface area (Å²) < 4.78 is 12.6. The summed E-state index contributed by atoms with van der Waals surface area (Å²) in [5.41, 5.74) is 2.11. The molecule has 3 atom stereocenters. The molecule has 0 aliphatic carbocycles. The van der Waals surface area contributed by atoms with Gasteiger partial charge in [0.2, 0.25) is 5.91 Å². The predicted octanol–water partition coefficient (Wildman–Crippen LogP) is 3.70. The molecule has 1 aromatic heterocycles. The van der Waals surface area contributed by atoms with E-state index in [2.05, 4.69) is 5.10 Å². The first-order valence-corrected chi connectivity index (χ1v) is 12.3. The lowest BCUT2D eigenvalue weighted by atomic mass is 9.90. The summed E-state index contributed by atoms with van der Waals surface area (Å²) in [6.45, 7) is 0. The minimum absolute atomic E-state index is 0.203. The standard InChI is InChI=1S/C29H24N4O6/c1-31-21(15-16-30-31)29(36)38-22-14-13-18(17-23(22)37-2)25-24-26(39-33(25)20-11-7-4-8-12-20)28(35)32(27(24)34)19-9-5-3-6-10-19/h3-17,24-26H,1-2H3. The number of aryl methyl sites for hydroxylation is 1. The topological polar surface area (TPSA) is 103 Å². The number of para-hydroxylation sites is 2. The highest BCUT2D eigenvalue weighted by molar-refractivity contribution is 6.23. The van der Waals surface area contributed by atoms with Gasteiger partial charge in [-0.25, -0.2) is 14.8 Å². The second-order valence-electron chi connectivity index (χ2n) is 9.15. The Balaban J connectivity index is 1.38. The van der Waals surface area contributed by atoms with Crippen LogP contribution >= 0.6 is 0 Å². The largest absolute Gasteiger partial charge is 0.493 e. The number of nitrogens with zero attached hydrogens (tertiary/aromatic N) is 4. The second-order valence-corrected chi connectivity index (χ2v) is 9.15. The van der Waals surface area contributed by atoms with Crippen molar-refractivity contribution in [2.75, 3.05) is 17.1 Å². The summed E-state index contributed by atoms with van der Waals surface area (Å²) in [4.78, 5) is 47.3. The Morgan fingerprint density at radius 2 is 1.56 bits per heavy atom. The molecule has 0 radical (unpaired) electrons. The molecule has 0 spiro atoms. The Morgan fingerprint density at radius 1 is 0.872 bits per heavy atom. The normalized spacial score (nSPS) is 20.3. The Bertz CT molecular complexity index is 1550. The van der Waals surface area contributed by atoms with Crippen molar-refractivity contribution >= 4 is 29.2 Å². The molecular formula is C29H24N4O6. The van der Waals surface area contributed by atoms with Gasteiger partial charge in [0, 0.05) is 13.2 Å². The molecule has 3 heterocycles. The third-order valence-corrected chi connectivity index (χ3v) is 6.90.